The Labute approximate surface area is 188 Å². The van der Waals surface area contributed by atoms with E-state index in [0.29, 0.717) is 24.6 Å². The van der Waals surface area contributed by atoms with Crippen molar-refractivity contribution in [2.75, 3.05) is 56.2 Å². The van der Waals surface area contributed by atoms with Crippen molar-refractivity contribution in [1.82, 2.24) is 0 Å². The van der Waals surface area contributed by atoms with E-state index in [4.69, 9.17) is 9.47 Å². The Balaban J connectivity index is 0.00000341. The Hall–Kier alpha value is -2.55. The zero-order chi connectivity index (χ0) is 21.3. The molecule has 1 atom stereocenters. The van der Waals surface area contributed by atoms with Crippen LogP contribution >= 0.6 is 0 Å². The quantitative estimate of drug-likeness (QED) is 0.456. The summed E-state index contributed by atoms with van der Waals surface area (Å²) in [6, 6.07) is 13.6. The van der Waals surface area contributed by atoms with Gasteiger partial charge in [-0.25, -0.2) is 9.18 Å². The van der Waals surface area contributed by atoms with Gasteiger partial charge in [0.25, 0.3) is 0 Å². The Kier molecular flexibility index (Phi) is 9.84. The molecule has 2 aromatic carbocycles. The number of para-hydroxylation sites is 2. The van der Waals surface area contributed by atoms with Crippen molar-refractivity contribution in [2.45, 2.75) is 13.0 Å². The van der Waals surface area contributed by atoms with Gasteiger partial charge >= 0.3 is 6.09 Å². The maximum Gasteiger partial charge on any atom is 0.411 e. The first-order valence-electron chi connectivity index (χ1n) is 10.2. The van der Waals surface area contributed by atoms with E-state index in [9.17, 15) is 14.3 Å². The molecule has 0 saturated carbocycles. The standard InChI is InChI=1S/C22H28FN3O4.ClH/c1-2-29-21-6-4-3-5-20(21)24-22(28)30-16-19(27)15-25-11-13-26(14-12-25)18-9-7-17(23)8-10-18;/h3-10,19,27H,2,11-16H2,1H3,(H,24,28);1H. The molecule has 31 heavy (non-hydrogen) atoms. The molecule has 0 aromatic heterocycles. The number of aliphatic hydroxyl groups excluding tert-OH is 1. The third-order valence-corrected chi connectivity index (χ3v) is 5.02. The smallest absolute Gasteiger partial charge is 0.411 e. The average molecular weight is 454 g/mol. The van der Waals surface area contributed by atoms with Crippen LogP contribution in [-0.2, 0) is 4.74 Å². The van der Waals surface area contributed by atoms with E-state index in [2.05, 4.69) is 10.2 Å². The molecule has 3 N–H and O–H groups in total. The fraction of sp³-hybridized carbons (Fsp3) is 0.409. The highest BCUT2D eigenvalue weighted by atomic mass is 35.5. The second-order valence-electron chi connectivity index (χ2n) is 7.22. The van der Waals surface area contributed by atoms with Gasteiger partial charge in [0.05, 0.1) is 38.5 Å². The molecule has 1 aliphatic heterocycles. The first kappa shape index (κ1) is 24.7. The molecule has 1 fully saturated rings. The van der Waals surface area contributed by atoms with E-state index in [1.54, 1.807) is 30.3 Å². The number of carbonyl (C=O) groups is 1. The van der Waals surface area contributed by atoms with Gasteiger partial charge in [0.1, 0.15) is 30.8 Å². The van der Waals surface area contributed by atoms with Crippen LogP contribution in [0.15, 0.2) is 48.5 Å². The van der Waals surface area contributed by atoms with Crippen LogP contribution in [0.3, 0.4) is 0 Å². The van der Waals surface area contributed by atoms with E-state index in [1.165, 1.54) is 17.0 Å². The highest BCUT2D eigenvalue weighted by Crippen LogP contribution is 2.23. The normalized spacial score (nSPS) is 15.0. The minimum absolute atomic E-state index is 0. The van der Waals surface area contributed by atoms with Gasteiger partial charge in [0.2, 0.25) is 0 Å². The molecular formula is C22H29ClFN3O4. The van der Waals surface area contributed by atoms with Crippen molar-refractivity contribution < 1.29 is 41.1 Å². The lowest BCUT2D eigenvalue weighted by molar-refractivity contribution is -0.903. The van der Waals surface area contributed by atoms with Gasteiger partial charge in [-0.3, -0.25) is 5.32 Å². The molecular weight excluding hydrogens is 425 g/mol. The molecule has 1 saturated heterocycles. The maximum absolute atomic E-state index is 13.1. The fourth-order valence-corrected chi connectivity index (χ4v) is 3.50. The topological polar surface area (TPSA) is 75.5 Å². The van der Waals surface area contributed by atoms with Crippen LogP contribution in [0.25, 0.3) is 0 Å². The van der Waals surface area contributed by atoms with E-state index < -0.39 is 12.2 Å². The number of carbonyl (C=O) groups excluding carboxylic acids is 1. The first-order valence-corrected chi connectivity index (χ1v) is 10.2. The van der Waals surface area contributed by atoms with Gasteiger partial charge in [-0.1, -0.05) is 12.1 Å². The summed E-state index contributed by atoms with van der Waals surface area (Å²) >= 11 is 0. The number of hydrogen-bond donors (Lipinski definition) is 3. The minimum atomic E-state index is -0.745. The molecule has 170 valence electrons. The number of ether oxygens (including phenoxy) is 2. The third kappa shape index (κ3) is 7.57. The number of rotatable bonds is 8. The molecule has 2 aromatic rings. The Morgan fingerprint density at radius 3 is 2.55 bits per heavy atom. The number of anilines is 2. The minimum Gasteiger partial charge on any atom is -1.00 e. The number of benzene rings is 2. The van der Waals surface area contributed by atoms with Crippen molar-refractivity contribution in [3.05, 3.63) is 54.3 Å². The zero-order valence-corrected chi connectivity index (χ0v) is 18.3. The van der Waals surface area contributed by atoms with Gasteiger partial charge in [0.15, 0.2) is 0 Å². The van der Waals surface area contributed by atoms with Crippen molar-refractivity contribution in [2.24, 2.45) is 0 Å². The van der Waals surface area contributed by atoms with Crippen LogP contribution in [0.2, 0.25) is 0 Å². The van der Waals surface area contributed by atoms with Crippen LogP contribution < -0.4 is 32.3 Å². The summed E-state index contributed by atoms with van der Waals surface area (Å²) in [5.41, 5.74) is 1.53. The van der Waals surface area contributed by atoms with Crippen LogP contribution in [0.4, 0.5) is 20.6 Å². The largest absolute Gasteiger partial charge is 1.00 e. The highest BCUT2D eigenvalue weighted by molar-refractivity contribution is 5.86. The van der Waals surface area contributed by atoms with Gasteiger partial charge in [-0.2, -0.15) is 0 Å². The lowest BCUT2D eigenvalue weighted by atomic mass is 10.2. The summed E-state index contributed by atoms with van der Waals surface area (Å²) in [5, 5.41) is 12.9. The Bertz CT molecular complexity index is 817. The van der Waals surface area contributed by atoms with Crippen LogP contribution in [0.5, 0.6) is 5.75 Å². The fourth-order valence-electron chi connectivity index (χ4n) is 3.50. The lowest BCUT2D eigenvalue weighted by Crippen LogP contribution is -3.16. The van der Waals surface area contributed by atoms with E-state index in [0.717, 1.165) is 31.9 Å². The summed E-state index contributed by atoms with van der Waals surface area (Å²) in [7, 11) is 0. The lowest BCUT2D eigenvalue weighted by Gasteiger charge is -2.34. The van der Waals surface area contributed by atoms with Crippen molar-refractivity contribution in [3.8, 4) is 5.75 Å². The molecule has 3 rings (SSSR count). The summed E-state index contributed by atoms with van der Waals surface area (Å²) < 4.78 is 23.7. The molecule has 0 radical (unpaired) electrons. The van der Waals surface area contributed by atoms with Crippen LogP contribution in [-0.4, -0.2) is 63.2 Å². The van der Waals surface area contributed by atoms with Gasteiger partial charge in [-0.05, 0) is 43.3 Å². The highest BCUT2D eigenvalue weighted by Gasteiger charge is 2.23. The Morgan fingerprint density at radius 1 is 1.19 bits per heavy atom. The van der Waals surface area contributed by atoms with Gasteiger partial charge < -0.3 is 36.8 Å². The van der Waals surface area contributed by atoms with Gasteiger partial charge in [-0.15, -0.1) is 0 Å². The van der Waals surface area contributed by atoms with E-state index in [1.807, 2.05) is 13.0 Å². The maximum atomic E-state index is 13.1. The molecule has 0 aliphatic carbocycles. The number of hydrogen-bond acceptors (Lipinski definition) is 5. The van der Waals surface area contributed by atoms with Gasteiger partial charge in [0, 0.05) is 5.69 Å². The third-order valence-electron chi connectivity index (χ3n) is 5.02. The van der Waals surface area contributed by atoms with Crippen molar-refractivity contribution in [1.29, 1.82) is 0 Å². The molecule has 1 heterocycles. The van der Waals surface area contributed by atoms with E-state index >= 15 is 0 Å². The second kappa shape index (κ2) is 12.3. The molecule has 0 bridgehead atoms. The summed E-state index contributed by atoms with van der Waals surface area (Å²) in [5.74, 6) is 0.331. The zero-order valence-electron chi connectivity index (χ0n) is 17.5. The monoisotopic (exact) mass is 453 g/mol. The van der Waals surface area contributed by atoms with Crippen LogP contribution in [0, 0.1) is 5.82 Å². The molecule has 1 unspecified atom stereocenters. The number of halogens is 2. The number of piperazine rings is 1. The number of quaternary nitrogens is 1. The predicted molar refractivity (Wildman–Crippen MR) is 113 cm³/mol. The van der Waals surface area contributed by atoms with Crippen molar-refractivity contribution >= 4 is 17.5 Å². The number of aliphatic hydroxyl groups is 1. The predicted octanol–water partition coefficient (Wildman–Crippen LogP) is -1.46. The second-order valence-corrected chi connectivity index (χ2v) is 7.22. The number of nitrogens with one attached hydrogen (secondary N) is 2. The summed E-state index contributed by atoms with van der Waals surface area (Å²) in [4.78, 5) is 15.5. The molecule has 1 amide bonds. The molecule has 1 aliphatic rings. The summed E-state index contributed by atoms with van der Waals surface area (Å²) in [6.45, 7) is 6.13. The molecule has 9 heteroatoms. The average Bonchev–Trinajstić information content (AvgIpc) is 2.75. The SMILES string of the molecule is CCOc1ccccc1NC(=O)OCC(O)C[NH+]1CCN(c2ccc(F)cc2)CC1.[Cl-]. The number of nitrogens with zero attached hydrogens (tertiary/aromatic N) is 1. The van der Waals surface area contributed by atoms with Crippen molar-refractivity contribution in [3.63, 3.8) is 0 Å². The molecule has 0 spiro atoms. The summed E-state index contributed by atoms with van der Waals surface area (Å²) in [6.07, 6.45) is -1.37. The van der Waals surface area contributed by atoms with E-state index in [-0.39, 0.29) is 24.8 Å². The first-order chi connectivity index (χ1) is 14.5. The molecule has 7 nitrogen and oxygen atoms in total. The number of amides is 1. The van der Waals surface area contributed by atoms with Crippen LogP contribution in [0.1, 0.15) is 6.92 Å². The Morgan fingerprint density at radius 2 is 1.87 bits per heavy atom.